The highest BCUT2D eigenvalue weighted by molar-refractivity contribution is 5.82. The Labute approximate surface area is 111 Å². The molecule has 0 spiro atoms. The maximum Gasteiger partial charge on any atom is 0.308 e. The van der Waals surface area contributed by atoms with E-state index in [2.05, 4.69) is 0 Å². The Morgan fingerprint density at radius 3 is 2.63 bits per heavy atom. The minimum absolute atomic E-state index is 0.160. The molecular formula is C14H17NO4. The summed E-state index contributed by atoms with van der Waals surface area (Å²) in [6.07, 6.45) is -0.0889. The average molecular weight is 263 g/mol. The van der Waals surface area contributed by atoms with Gasteiger partial charge in [-0.05, 0) is 25.5 Å². The summed E-state index contributed by atoms with van der Waals surface area (Å²) in [5.74, 6) is -0.815. The highest BCUT2D eigenvalue weighted by Crippen LogP contribution is 2.19. The minimum atomic E-state index is -0.841. The fourth-order valence-corrected chi connectivity index (χ4v) is 2.17. The number of hydrogen-bond acceptors (Lipinski definition) is 3. The molecule has 0 bridgehead atoms. The fraction of sp³-hybridized carbons (Fsp3) is 0.429. The first-order valence-electron chi connectivity index (χ1n) is 6.31. The van der Waals surface area contributed by atoms with Crippen LogP contribution in [0.25, 0.3) is 0 Å². The number of rotatable bonds is 4. The van der Waals surface area contributed by atoms with Crippen LogP contribution in [0.3, 0.4) is 0 Å². The molecule has 1 aliphatic rings. The van der Waals surface area contributed by atoms with Gasteiger partial charge in [-0.25, -0.2) is 0 Å². The molecule has 0 radical (unpaired) electrons. The quantitative estimate of drug-likeness (QED) is 0.891. The van der Waals surface area contributed by atoms with E-state index >= 15 is 0 Å². The van der Waals surface area contributed by atoms with Crippen LogP contribution in [0.15, 0.2) is 30.3 Å². The van der Waals surface area contributed by atoms with Crippen molar-refractivity contribution < 1.29 is 19.4 Å². The third-order valence-electron chi connectivity index (χ3n) is 3.25. The Kier molecular flexibility index (Phi) is 4.04. The number of benzene rings is 1. The zero-order valence-electron chi connectivity index (χ0n) is 10.8. The second kappa shape index (κ2) is 5.73. The highest BCUT2D eigenvalue weighted by Gasteiger charge is 2.33. The van der Waals surface area contributed by atoms with Crippen LogP contribution in [-0.2, 0) is 9.59 Å². The molecule has 1 N–H and O–H groups in total. The molecule has 2 rings (SSSR count). The Morgan fingerprint density at radius 1 is 1.37 bits per heavy atom. The molecule has 0 aromatic heterocycles. The van der Waals surface area contributed by atoms with Crippen LogP contribution in [0.1, 0.15) is 13.3 Å². The average Bonchev–Trinajstić information content (AvgIpc) is 2.88. The van der Waals surface area contributed by atoms with Gasteiger partial charge in [-0.2, -0.15) is 0 Å². The van der Waals surface area contributed by atoms with Crippen molar-refractivity contribution in [2.24, 2.45) is 5.92 Å². The van der Waals surface area contributed by atoms with Crippen LogP contribution in [-0.4, -0.2) is 41.1 Å². The lowest BCUT2D eigenvalue weighted by Crippen LogP contribution is -2.39. The van der Waals surface area contributed by atoms with Gasteiger partial charge in [0.2, 0.25) is 0 Å². The van der Waals surface area contributed by atoms with E-state index in [-0.39, 0.29) is 12.5 Å². The number of aliphatic carboxylic acids is 1. The summed E-state index contributed by atoms with van der Waals surface area (Å²) in [5.41, 5.74) is 0. The van der Waals surface area contributed by atoms with Crippen molar-refractivity contribution in [1.82, 2.24) is 4.90 Å². The third kappa shape index (κ3) is 3.24. The van der Waals surface area contributed by atoms with E-state index in [1.54, 1.807) is 24.0 Å². The van der Waals surface area contributed by atoms with Crippen molar-refractivity contribution in [1.29, 1.82) is 0 Å². The van der Waals surface area contributed by atoms with E-state index in [9.17, 15) is 9.59 Å². The second-order valence-corrected chi connectivity index (χ2v) is 4.68. The Balaban J connectivity index is 1.91. The number of ether oxygens (including phenoxy) is 1. The summed E-state index contributed by atoms with van der Waals surface area (Å²) in [7, 11) is 0. The number of hydrogen-bond donors (Lipinski definition) is 1. The number of carbonyl (C=O) groups excluding carboxylic acids is 1. The molecule has 19 heavy (non-hydrogen) atoms. The summed E-state index contributed by atoms with van der Waals surface area (Å²) in [6, 6.07) is 9.12. The number of carboxylic acids is 1. The maximum absolute atomic E-state index is 12.1. The molecule has 2 unspecified atom stereocenters. The van der Waals surface area contributed by atoms with Crippen molar-refractivity contribution in [3.63, 3.8) is 0 Å². The summed E-state index contributed by atoms with van der Waals surface area (Å²) in [5, 5.41) is 8.92. The number of carbonyl (C=O) groups is 2. The minimum Gasteiger partial charge on any atom is -0.481 e. The first-order chi connectivity index (χ1) is 9.08. The van der Waals surface area contributed by atoms with Gasteiger partial charge in [0.05, 0.1) is 5.92 Å². The Hall–Kier alpha value is -2.04. The van der Waals surface area contributed by atoms with Gasteiger partial charge in [-0.3, -0.25) is 9.59 Å². The van der Waals surface area contributed by atoms with Crippen molar-refractivity contribution in [3.05, 3.63) is 30.3 Å². The van der Waals surface area contributed by atoms with E-state index < -0.39 is 18.0 Å². The number of para-hydroxylation sites is 1. The first kappa shape index (κ1) is 13.4. The molecule has 1 aliphatic heterocycles. The van der Waals surface area contributed by atoms with E-state index in [0.717, 1.165) is 0 Å². The monoisotopic (exact) mass is 263 g/mol. The lowest BCUT2D eigenvalue weighted by Gasteiger charge is -2.21. The van der Waals surface area contributed by atoms with Gasteiger partial charge in [0, 0.05) is 13.1 Å². The maximum atomic E-state index is 12.1. The van der Waals surface area contributed by atoms with E-state index in [1.807, 2.05) is 18.2 Å². The zero-order valence-corrected chi connectivity index (χ0v) is 10.8. The van der Waals surface area contributed by atoms with Crippen LogP contribution in [0.4, 0.5) is 0 Å². The number of nitrogens with zero attached hydrogens (tertiary/aromatic N) is 1. The Morgan fingerprint density at radius 2 is 2.05 bits per heavy atom. The Bertz CT molecular complexity index is 460. The molecule has 1 amide bonds. The third-order valence-corrected chi connectivity index (χ3v) is 3.25. The molecule has 1 heterocycles. The van der Waals surface area contributed by atoms with Crippen LogP contribution < -0.4 is 4.74 Å². The SMILES string of the molecule is CC(Oc1ccccc1)C(=O)N1CCC(C(=O)O)C1. The largest absolute Gasteiger partial charge is 0.481 e. The molecule has 5 nitrogen and oxygen atoms in total. The molecule has 5 heteroatoms. The standard InChI is InChI=1S/C14H17NO4/c1-10(19-12-5-3-2-4-6-12)13(16)15-8-7-11(9-15)14(17)18/h2-6,10-11H,7-9H2,1H3,(H,17,18). The van der Waals surface area contributed by atoms with Gasteiger partial charge in [-0.1, -0.05) is 18.2 Å². The predicted molar refractivity (Wildman–Crippen MR) is 68.9 cm³/mol. The summed E-state index contributed by atoms with van der Waals surface area (Å²) in [6.45, 7) is 2.44. The van der Waals surface area contributed by atoms with Gasteiger partial charge in [0.15, 0.2) is 6.10 Å². The van der Waals surface area contributed by atoms with Crippen LogP contribution in [0.5, 0.6) is 5.75 Å². The molecule has 0 aliphatic carbocycles. The van der Waals surface area contributed by atoms with Crippen molar-refractivity contribution in [2.45, 2.75) is 19.4 Å². The lowest BCUT2D eigenvalue weighted by molar-refractivity contribution is -0.142. The van der Waals surface area contributed by atoms with Gasteiger partial charge in [0.25, 0.3) is 5.91 Å². The molecule has 1 aromatic rings. The molecule has 1 aromatic carbocycles. The van der Waals surface area contributed by atoms with Crippen molar-refractivity contribution >= 4 is 11.9 Å². The van der Waals surface area contributed by atoms with E-state index in [0.29, 0.717) is 18.7 Å². The molecule has 2 atom stereocenters. The summed E-state index contributed by atoms with van der Waals surface area (Å²) >= 11 is 0. The van der Waals surface area contributed by atoms with Crippen molar-refractivity contribution in [2.75, 3.05) is 13.1 Å². The summed E-state index contributed by atoms with van der Waals surface area (Å²) in [4.78, 5) is 24.5. The highest BCUT2D eigenvalue weighted by atomic mass is 16.5. The lowest BCUT2D eigenvalue weighted by atomic mass is 10.1. The first-order valence-corrected chi connectivity index (χ1v) is 6.31. The molecule has 102 valence electrons. The predicted octanol–water partition coefficient (Wildman–Crippen LogP) is 1.39. The fourth-order valence-electron chi connectivity index (χ4n) is 2.17. The van der Waals surface area contributed by atoms with Crippen LogP contribution in [0, 0.1) is 5.92 Å². The number of likely N-dealkylation sites (tertiary alicyclic amines) is 1. The van der Waals surface area contributed by atoms with E-state index in [1.165, 1.54) is 0 Å². The normalized spacial score (nSPS) is 20.1. The number of carboxylic acid groups (broad SMARTS) is 1. The van der Waals surface area contributed by atoms with Gasteiger partial charge < -0.3 is 14.7 Å². The van der Waals surface area contributed by atoms with E-state index in [4.69, 9.17) is 9.84 Å². The van der Waals surface area contributed by atoms with Gasteiger partial charge in [0.1, 0.15) is 5.75 Å². The smallest absolute Gasteiger partial charge is 0.308 e. The molecule has 1 saturated heterocycles. The molecule has 0 saturated carbocycles. The van der Waals surface area contributed by atoms with Crippen LogP contribution >= 0.6 is 0 Å². The van der Waals surface area contributed by atoms with Gasteiger partial charge >= 0.3 is 5.97 Å². The summed E-state index contributed by atoms with van der Waals surface area (Å²) < 4.78 is 5.55. The van der Waals surface area contributed by atoms with Crippen LogP contribution in [0.2, 0.25) is 0 Å². The van der Waals surface area contributed by atoms with Gasteiger partial charge in [-0.15, -0.1) is 0 Å². The molecular weight excluding hydrogens is 246 g/mol. The topological polar surface area (TPSA) is 66.8 Å². The zero-order chi connectivity index (χ0) is 13.8. The number of amides is 1. The second-order valence-electron chi connectivity index (χ2n) is 4.68. The van der Waals surface area contributed by atoms with Crippen molar-refractivity contribution in [3.8, 4) is 5.75 Å². The molecule has 1 fully saturated rings.